The second kappa shape index (κ2) is 13.5. The molecule has 0 radical (unpaired) electrons. The molecule has 0 unspecified atom stereocenters. The Morgan fingerprint density at radius 3 is 1.44 bits per heavy atom. The highest BCUT2D eigenvalue weighted by atomic mass is 32.2. The Morgan fingerprint density at radius 2 is 1.15 bits per heavy atom. The number of carbonyl (C=O) groups excluding carboxylic acids is 4. The largest absolute Gasteiger partial charge is 0.395 e. The number of thioether (sulfide) groups is 2. The van der Waals surface area contributed by atoms with Crippen molar-refractivity contribution in [2.75, 3.05) is 52.5 Å². The number of carbonyl (C=O) groups is 4. The number of likely N-dealkylation sites (N-methyl/N-ethyl adjacent to an activating group) is 2. The number of aliphatic hydroxyl groups is 2. The van der Waals surface area contributed by atoms with Crippen molar-refractivity contribution in [1.29, 1.82) is 0 Å². The average molecular weight is 549 g/mol. The molecule has 14 heteroatoms. The average Bonchev–Trinajstić information content (AvgIpc) is 3.25. The van der Waals surface area contributed by atoms with Gasteiger partial charge in [0.15, 0.2) is 0 Å². The van der Waals surface area contributed by atoms with E-state index in [1.165, 1.54) is 19.6 Å². The lowest BCUT2D eigenvalue weighted by Gasteiger charge is -2.21. The van der Waals surface area contributed by atoms with E-state index in [1.807, 2.05) is 0 Å². The van der Waals surface area contributed by atoms with Crippen LogP contribution in [0.25, 0.3) is 0 Å². The van der Waals surface area contributed by atoms with Gasteiger partial charge in [-0.05, 0) is 13.8 Å². The molecule has 188 valence electrons. The summed E-state index contributed by atoms with van der Waals surface area (Å²) in [6.07, 6.45) is 0.0802. The van der Waals surface area contributed by atoms with Crippen LogP contribution in [-0.2, 0) is 19.2 Å². The van der Waals surface area contributed by atoms with E-state index in [4.69, 9.17) is 34.6 Å². The summed E-state index contributed by atoms with van der Waals surface area (Å²) in [6.45, 7) is 4.77. The van der Waals surface area contributed by atoms with Gasteiger partial charge in [-0.15, -0.1) is 0 Å². The number of rotatable bonds is 12. The molecule has 0 aliphatic carbocycles. The molecule has 2 heterocycles. The third-order valence-corrected chi connectivity index (χ3v) is 8.24. The SMILES string of the molecule is CCN(CCO)C(=O)CCN1C(=O)/C(=C2\SC(=S)N(CCC(=O)N(CC)CCO)C2=O)SC1=S. The lowest BCUT2D eigenvalue weighted by Crippen LogP contribution is -2.38. The standard InChI is InChI=1S/C20H28N4O6S4/c1-3-21(9-11-25)13(27)5-7-23-17(29)15(33-19(23)31)16-18(30)24(20(32)34-16)8-6-14(28)22(4-2)10-12-26/h25-26H,3-12H2,1-2H3/b16-15+. The number of nitrogens with zero attached hydrogens (tertiary/aromatic N) is 4. The molecule has 34 heavy (non-hydrogen) atoms. The van der Waals surface area contributed by atoms with Crippen LogP contribution in [0.2, 0.25) is 0 Å². The van der Waals surface area contributed by atoms with E-state index in [0.29, 0.717) is 13.1 Å². The molecular weight excluding hydrogens is 521 g/mol. The monoisotopic (exact) mass is 548 g/mol. The molecule has 2 N–H and O–H groups in total. The number of amides is 4. The topological polar surface area (TPSA) is 122 Å². The van der Waals surface area contributed by atoms with Crippen molar-refractivity contribution in [3.05, 3.63) is 9.81 Å². The summed E-state index contributed by atoms with van der Waals surface area (Å²) in [6, 6.07) is 0. The van der Waals surface area contributed by atoms with Gasteiger partial charge in [0.1, 0.15) is 8.64 Å². The molecule has 10 nitrogen and oxygen atoms in total. The zero-order valence-electron chi connectivity index (χ0n) is 19.0. The summed E-state index contributed by atoms with van der Waals surface area (Å²) in [5.74, 6) is -1.32. The molecule has 0 aromatic heterocycles. The smallest absolute Gasteiger partial charge is 0.267 e. The van der Waals surface area contributed by atoms with Gasteiger partial charge < -0.3 is 20.0 Å². The maximum Gasteiger partial charge on any atom is 0.267 e. The van der Waals surface area contributed by atoms with E-state index in [1.54, 1.807) is 13.8 Å². The quantitative estimate of drug-likeness (QED) is 0.261. The first-order valence-corrected chi connectivity index (χ1v) is 13.2. The minimum absolute atomic E-state index is 0.0401. The fourth-order valence-electron chi connectivity index (χ4n) is 3.35. The van der Waals surface area contributed by atoms with Gasteiger partial charge in [0.2, 0.25) is 11.8 Å². The molecule has 0 aromatic carbocycles. The molecule has 4 amide bonds. The van der Waals surface area contributed by atoms with Crippen LogP contribution in [0.5, 0.6) is 0 Å². The summed E-state index contributed by atoms with van der Waals surface area (Å²) < 4.78 is 0.502. The Balaban J connectivity index is 2.06. The molecule has 0 bridgehead atoms. The molecule has 2 aliphatic rings. The van der Waals surface area contributed by atoms with Crippen LogP contribution in [0, 0.1) is 0 Å². The van der Waals surface area contributed by atoms with Crippen molar-refractivity contribution in [1.82, 2.24) is 19.6 Å². The first-order chi connectivity index (χ1) is 16.2. The van der Waals surface area contributed by atoms with Gasteiger partial charge in [0, 0.05) is 52.1 Å². The molecule has 0 atom stereocenters. The lowest BCUT2D eigenvalue weighted by atomic mass is 10.3. The fourth-order valence-corrected chi connectivity index (χ4v) is 6.12. The Bertz CT molecular complexity index is 826. The number of hydrogen-bond donors (Lipinski definition) is 2. The van der Waals surface area contributed by atoms with Crippen LogP contribution in [-0.4, -0.2) is 115 Å². The highest BCUT2D eigenvalue weighted by molar-refractivity contribution is 8.29. The molecule has 2 fully saturated rings. The lowest BCUT2D eigenvalue weighted by molar-refractivity contribution is -0.133. The van der Waals surface area contributed by atoms with Gasteiger partial charge in [0.05, 0.1) is 23.0 Å². The third kappa shape index (κ3) is 6.76. The second-order valence-corrected chi connectivity index (χ2v) is 10.5. The van der Waals surface area contributed by atoms with Crippen LogP contribution in [0.15, 0.2) is 9.81 Å². The summed E-state index contributed by atoms with van der Waals surface area (Å²) in [5, 5.41) is 18.1. The van der Waals surface area contributed by atoms with Crippen molar-refractivity contribution in [2.45, 2.75) is 26.7 Å². The van der Waals surface area contributed by atoms with Gasteiger partial charge in [-0.3, -0.25) is 29.0 Å². The molecule has 0 aromatic rings. The Kier molecular flexibility index (Phi) is 11.4. The Morgan fingerprint density at radius 1 is 0.794 bits per heavy atom. The molecule has 0 spiro atoms. The van der Waals surface area contributed by atoms with Crippen LogP contribution < -0.4 is 0 Å². The summed E-state index contributed by atoms with van der Waals surface area (Å²) in [7, 11) is 0. The first kappa shape index (κ1) is 28.7. The Hall–Kier alpha value is -1.58. The van der Waals surface area contributed by atoms with Crippen LogP contribution in [0.1, 0.15) is 26.7 Å². The maximum atomic E-state index is 13.0. The van der Waals surface area contributed by atoms with Crippen LogP contribution >= 0.6 is 48.0 Å². The van der Waals surface area contributed by atoms with E-state index >= 15 is 0 Å². The van der Waals surface area contributed by atoms with E-state index in [-0.39, 0.29) is 82.5 Å². The van der Waals surface area contributed by atoms with Crippen molar-refractivity contribution in [3.8, 4) is 0 Å². The zero-order valence-corrected chi connectivity index (χ0v) is 22.3. The third-order valence-electron chi connectivity index (χ3n) is 5.21. The van der Waals surface area contributed by atoms with Crippen LogP contribution in [0.3, 0.4) is 0 Å². The highest BCUT2D eigenvalue weighted by Gasteiger charge is 2.42. The van der Waals surface area contributed by atoms with Crippen LogP contribution in [0.4, 0.5) is 0 Å². The normalized spacial score (nSPS) is 18.4. The minimum Gasteiger partial charge on any atom is -0.395 e. The van der Waals surface area contributed by atoms with Gasteiger partial charge in [-0.1, -0.05) is 48.0 Å². The van der Waals surface area contributed by atoms with E-state index in [2.05, 4.69) is 0 Å². The molecule has 0 saturated carbocycles. The predicted octanol–water partition coefficient (Wildman–Crippen LogP) is 0.380. The van der Waals surface area contributed by atoms with E-state index in [9.17, 15) is 19.2 Å². The zero-order chi connectivity index (χ0) is 25.4. The first-order valence-electron chi connectivity index (χ1n) is 10.8. The maximum absolute atomic E-state index is 13.0. The molecule has 2 rings (SSSR count). The summed E-state index contributed by atoms with van der Waals surface area (Å²) in [4.78, 5) is 56.6. The number of aliphatic hydroxyl groups excluding tert-OH is 2. The van der Waals surface area contributed by atoms with Gasteiger partial charge >= 0.3 is 0 Å². The number of hydrogen-bond acceptors (Lipinski definition) is 10. The summed E-state index contributed by atoms with van der Waals surface area (Å²) >= 11 is 12.6. The van der Waals surface area contributed by atoms with Crippen molar-refractivity contribution in [2.24, 2.45) is 0 Å². The van der Waals surface area contributed by atoms with Gasteiger partial charge in [-0.2, -0.15) is 0 Å². The number of thiocarbonyl (C=S) groups is 2. The van der Waals surface area contributed by atoms with Crippen molar-refractivity contribution < 1.29 is 29.4 Å². The second-order valence-electron chi connectivity index (χ2n) is 7.20. The van der Waals surface area contributed by atoms with Gasteiger partial charge in [-0.25, -0.2) is 0 Å². The highest BCUT2D eigenvalue weighted by Crippen LogP contribution is 2.42. The molecule has 2 aliphatic heterocycles. The Labute approximate surface area is 217 Å². The van der Waals surface area contributed by atoms with Crippen molar-refractivity contribution in [3.63, 3.8) is 0 Å². The molecule has 2 saturated heterocycles. The fraction of sp³-hybridized carbons (Fsp3) is 0.600. The van der Waals surface area contributed by atoms with Gasteiger partial charge in [0.25, 0.3) is 11.8 Å². The summed E-state index contributed by atoms with van der Waals surface area (Å²) in [5.41, 5.74) is 0. The van der Waals surface area contributed by atoms with E-state index < -0.39 is 11.8 Å². The predicted molar refractivity (Wildman–Crippen MR) is 139 cm³/mol. The van der Waals surface area contributed by atoms with Crippen molar-refractivity contribution >= 4 is 80.2 Å². The molecular formula is C20H28N4O6S4. The minimum atomic E-state index is -0.454. The van der Waals surface area contributed by atoms with E-state index in [0.717, 1.165) is 23.5 Å².